The van der Waals surface area contributed by atoms with Gasteiger partial charge in [-0.3, -0.25) is 0 Å². The van der Waals surface area contributed by atoms with Gasteiger partial charge in [0.25, 0.3) is 0 Å². The van der Waals surface area contributed by atoms with E-state index in [2.05, 4.69) is 71.3 Å². The normalized spacial score (nSPS) is 10.2. The first-order valence-corrected chi connectivity index (χ1v) is 7.20. The maximum Gasteiger partial charge on any atom is 0.122 e. The standard InChI is InChI=1S/C15H16BBr/c1-16-10-12-2-6-14(7-3-12)15-8-4-13(11-17)5-9-15/h2-9,16H,10-11H2,1H3. The molecular formula is C15H16BBr. The summed E-state index contributed by atoms with van der Waals surface area (Å²) in [5.74, 6) is 0. The lowest BCUT2D eigenvalue weighted by molar-refractivity contribution is 1.38. The van der Waals surface area contributed by atoms with E-state index >= 15 is 0 Å². The smallest absolute Gasteiger partial charge is 0.0891 e. The van der Waals surface area contributed by atoms with Crippen LogP contribution in [-0.2, 0) is 11.7 Å². The van der Waals surface area contributed by atoms with Gasteiger partial charge < -0.3 is 0 Å². The van der Waals surface area contributed by atoms with E-state index in [9.17, 15) is 0 Å². The summed E-state index contributed by atoms with van der Waals surface area (Å²) in [6.07, 6.45) is 1.17. The Balaban J connectivity index is 2.20. The van der Waals surface area contributed by atoms with Gasteiger partial charge in [-0.1, -0.05) is 83.2 Å². The molecule has 0 bridgehead atoms. The van der Waals surface area contributed by atoms with Crippen molar-refractivity contribution >= 4 is 23.2 Å². The van der Waals surface area contributed by atoms with E-state index in [1.165, 1.54) is 35.9 Å². The van der Waals surface area contributed by atoms with Crippen LogP contribution in [0.15, 0.2) is 48.5 Å². The fraction of sp³-hybridized carbons (Fsp3) is 0.200. The van der Waals surface area contributed by atoms with Crippen LogP contribution in [0.4, 0.5) is 0 Å². The van der Waals surface area contributed by atoms with Crippen molar-refractivity contribution in [3.8, 4) is 11.1 Å². The lowest BCUT2D eigenvalue weighted by atomic mass is 9.75. The number of halogens is 1. The van der Waals surface area contributed by atoms with Crippen LogP contribution in [0.25, 0.3) is 11.1 Å². The molecular weight excluding hydrogens is 271 g/mol. The van der Waals surface area contributed by atoms with Crippen LogP contribution in [0.1, 0.15) is 11.1 Å². The molecule has 0 N–H and O–H groups in total. The van der Waals surface area contributed by atoms with Crippen molar-refractivity contribution in [1.29, 1.82) is 0 Å². The Morgan fingerprint density at radius 1 is 0.824 bits per heavy atom. The molecule has 2 rings (SSSR count). The lowest BCUT2D eigenvalue weighted by Gasteiger charge is -2.04. The van der Waals surface area contributed by atoms with Gasteiger partial charge >= 0.3 is 0 Å². The highest BCUT2D eigenvalue weighted by Gasteiger charge is 1.98. The molecule has 0 heterocycles. The topological polar surface area (TPSA) is 0 Å². The highest BCUT2D eigenvalue weighted by atomic mass is 79.9. The highest BCUT2D eigenvalue weighted by Crippen LogP contribution is 2.21. The molecule has 0 aliphatic carbocycles. The summed E-state index contributed by atoms with van der Waals surface area (Å²) in [4.78, 5) is 0. The van der Waals surface area contributed by atoms with Crippen molar-refractivity contribution < 1.29 is 0 Å². The summed E-state index contributed by atoms with van der Waals surface area (Å²) >= 11 is 3.47. The summed E-state index contributed by atoms with van der Waals surface area (Å²) in [6.45, 7) is 2.22. The Kier molecular flexibility index (Phi) is 4.44. The lowest BCUT2D eigenvalue weighted by Crippen LogP contribution is -1.90. The third-order valence-electron chi connectivity index (χ3n) is 2.93. The largest absolute Gasteiger partial charge is 0.122 e. The SMILES string of the molecule is CBCc1ccc(-c2ccc(CBr)cc2)cc1. The van der Waals surface area contributed by atoms with E-state index in [-0.39, 0.29) is 0 Å². The zero-order valence-corrected chi connectivity index (χ0v) is 11.7. The quantitative estimate of drug-likeness (QED) is 0.583. The second-order valence-electron chi connectivity index (χ2n) is 4.28. The van der Waals surface area contributed by atoms with Gasteiger partial charge in [0, 0.05) is 5.33 Å². The van der Waals surface area contributed by atoms with Crippen LogP contribution in [0.5, 0.6) is 0 Å². The summed E-state index contributed by atoms with van der Waals surface area (Å²) in [6, 6.07) is 17.6. The first-order chi connectivity index (χ1) is 8.33. The van der Waals surface area contributed by atoms with E-state index in [0.717, 1.165) is 5.33 Å². The summed E-state index contributed by atoms with van der Waals surface area (Å²) < 4.78 is 0. The second kappa shape index (κ2) is 6.06. The molecule has 0 unspecified atom stereocenters. The molecule has 0 aliphatic heterocycles. The van der Waals surface area contributed by atoms with E-state index in [0.29, 0.717) is 0 Å². The number of rotatable bonds is 4. The van der Waals surface area contributed by atoms with Gasteiger partial charge in [0.05, 0.1) is 0 Å². The van der Waals surface area contributed by atoms with Gasteiger partial charge in [-0.2, -0.15) is 0 Å². The first-order valence-electron chi connectivity index (χ1n) is 6.07. The predicted octanol–water partition coefficient (Wildman–Crippen LogP) is 4.23. The molecule has 0 saturated carbocycles. The molecule has 0 amide bonds. The Bertz CT molecular complexity index is 459. The predicted molar refractivity (Wildman–Crippen MR) is 81.2 cm³/mol. The Labute approximate surface area is 112 Å². The molecule has 0 atom stereocenters. The summed E-state index contributed by atoms with van der Waals surface area (Å²) in [7, 11) is 1.21. The number of hydrogen-bond donors (Lipinski definition) is 0. The van der Waals surface area contributed by atoms with Gasteiger partial charge in [-0.25, -0.2) is 0 Å². The summed E-state index contributed by atoms with van der Waals surface area (Å²) in [5.41, 5.74) is 5.33. The minimum atomic E-state index is 0.919. The van der Waals surface area contributed by atoms with Gasteiger partial charge in [0.15, 0.2) is 0 Å². The minimum Gasteiger partial charge on any atom is -0.0891 e. The van der Waals surface area contributed by atoms with Crippen molar-refractivity contribution in [2.75, 3.05) is 0 Å². The Morgan fingerprint density at radius 3 is 1.71 bits per heavy atom. The van der Waals surface area contributed by atoms with Crippen molar-refractivity contribution in [3.05, 3.63) is 59.7 Å². The average Bonchev–Trinajstić information content (AvgIpc) is 2.40. The van der Waals surface area contributed by atoms with E-state index < -0.39 is 0 Å². The van der Waals surface area contributed by atoms with Crippen LogP contribution < -0.4 is 0 Å². The first kappa shape index (κ1) is 12.4. The number of hydrogen-bond acceptors (Lipinski definition) is 0. The fourth-order valence-electron chi connectivity index (χ4n) is 1.94. The Hall–Kier alpha value is -1.02. The molecule has 0 aliphatic rings. The van der Waals surface area contributed by atoms with Gasteiger partial charge in [-0.05, 0) is 16.7 Å². The number of alkyl halides is 1. The highest BCUT2D eigenvalue weighted by molar-refractivity contribution is 9.08. The Morgan fingerprint density at radius 2 is 1.29 bits per heavy atom. The molecule has 2 heteroatoms. The van der Waals surface area contributed by atoms with E-state index in [1.807, 2.05) is 0 Å². The van der Waals surface area contributed by atoms with Crippen LogP contribution in [0, 0.1) is 0 Å². The molecule has 2 aromatic rings. The molecule has 2 aromatic carbocycles. The molecule has 0 nitrogen and oxygen atoms in total. The van der Waals surface area contributed by atoms with E-state index in [1.54, 1.807) is 0 Å². The average molecular weight is 287 g/mol. The van der Waals surface area contributed by atoms with E-state index in [4.69, 9.17) is 0 Å². The monoisotopic (exact) mass is 286 g/mol. The molecule has 0 radical (unpaired) electrons. The molecule has 17 heavy (non-hydrogen) atoms. The van der Waals surface area contributed by atoms with Crippen LogP contribution in [0.3, 0.4) is 0 Å². The maximum absolute atomic E-state index is 3.47. The molecule has 0 saturated heterocycles. The molecule has 0 aromatic heterocycles. The van der Waals surface area contributed by atoms with Crippen molar-refractivity contribution in [2.45, 2.75) is 18.5 Å². The molecule has 86 valence electrons. The number of benzene rings is 2. The molecule has 0 fully saturated rings. The maximum atomic E-state index is 3.47. The van der Waals surface area contributed by atoms with Gasteiger partial charge in [0.1, 0.15) is 7.28 Å². The second-order valence-corrected chi connectivity index (χ2v) is 4.84. The van der Waals surface area contributed by atoms with Crippen molar-refractivity contribution in [3.63, 3.8) is 0 Å². The third-order valence-corrected chi connectivity index (χ3v) is 3.58. The van der Waals surface area contributed by atoms with Gasteiger partial charge in [0.2, 0.25) is 0 Å². The zero-order valence-electron chi connectivity index (χ0n) is 10.1. The zero-order chi connectivity index (χ0) is 12.1. The third kappa shape index (κ3) is 3.23. The fourth-order valence-corrected chi connectivity index (χ4v) is 2.31. The van der Waals surface area contributed by atoms with Crippen LogP contribution >= 0.6 is 15.9 Å². The minimum absolute atomic E-state index is 0.919. The van der Waals surface area contributed by atoms with Gasteiger partial charge in [-0.15, -0.1) is 0 Å². The molecule has 0 spiro atoms. The van der Waals surface area contributed by atoms with Crippen LogP contribution in [-0.4, -0.2) is 7.28 Å². The van der Waals surface area contributed by atoms with Crippen molar-refractivity contribution in [1.82, 2.24) is 0 Å². The summed E-state index contributed by atoms with van der Waals surface area (Å²) in [5, 5.41) is 0.919. The van der Waals surface area contributed by atoms with Crippen molar-refractivity contribution in [2.24, 2.45) is 0 Å². The van der Waals surface area contributed by atoms with Crippen LogP contribution in [0.2, 0.25) is 6.82 Å².